The molecule has 2 rings (SSSR count). The van der Waals surface area contributed by atoms with Crippen molar-refractivity contribution in [2.45, 2.75) is 26.4 Å². The monoisotopic (exact) mass is 289 g/mol. The Morgan fingerprint density at radius 2 is 1.90 bits per heavy atom. The number of benzene rings is 1. The highest BCUT2D eigenvalue weighted by atomic mass is 19.1. The first-order valence-electron chi connectivity index (χ1n) is 6.38. The Kier molecular flexibility index (Phi) is 3.88. The van der Waals surface area contributed by atoms with Crippen LogP contribution in [0.3, 0.4) is 0 Å². The van der Waals surface area contributed by atoms with Gasteiger partial charge in [0.2, 0.25) is 0 Å². The molecule has 0 aliphatic carbocycles. The largest absolute Gasteiger partial charge is 0.456 e. The lowest BCUT2D eigenvalue weighted by atomic mass is 10.1. The summed E-state index contributed by atoms with van der Waals surface area (Å²) in [5.41, 5.74) is 5.14. The molecule has 0 atom stereocenters. The summed E-state index contributed by atoms with van der Waals surface area (Å²) in [6, 6.07) is 4.40. The lowest BCUT2D eigenvalue weighted by molar-refractivity contribution is 0.00648. The SMILES string of the molecule is CC(C)(C)OC(=O)c1cccc(-c2nccnc2N)c1F. The average Bonchev–Trinajstić information content (AvgIpc) is 2.38. The minimum absolute atomic E-state index is 0.0951. The maximum absolute atomic E-state index is 14.5. The van der Waals surface area contributed by atoms with Crippen LogP contribution in [0.4, 0.5) is 10.2 Å². The van der Waals surface area contributed by atoms with Gasteiger partial charge in [0.05, 0.1) is 5.56 Å². The van der Waals surface area contributed by atoms with E-state index in [0.29, 0.717) is 0 Å². The highest BCUT2D eigenvalue weighted by molar-refractivity contribution is 5.92. The van der Waals surface area contributed by atoms with Crippen molar-refractivity contribution >= 4 is 11.8 Å². The lowest BCUT2D eigenvalue weighted by Gasteiger charge is -2.20. The van der Waals surface area contributed by atoms with Gasteiger partial charge in [0.25, 0.3) is 0 Å². The van der Waals surface area contributed by atoms with Gasteiger partial charge < -0.3 is 10.5 Å². The maximum Gasteiger partial charge on any atom is 0.341 e. The molecule has 0 fully saturated rings. The number of aromatic nitrogens is 2. The number of nitrogen functional groups attached to an aromatic ring is 1. The molecule has 0 aliphatic rings. The molecule has 0 bridgehead atoms. The predicted octanol–water partition coefficient (Wildman–Crippen LogP) is 2.82. The molecule has 1 heterocycles. The molecule has 0 saturated heterocycles. The van der Waals surface area contributed by atoms with Crippen molar-refractivity contribution in [3.05, 3.63) is 42.0 Å². The number of ether oxygens (including phenoxy) is 1. The van der Waals surface area contributed by atoms with Crippen molar-refractivity contribution in [2.24, 2.45) is 0 Å². The minimum Gasteiger partial charge on any atom is -0.456 e. The Morgan fingerprint density at radius 1 is 1.24 bits per heavy atom. The van der Waals surface area contributed by atoms with E-state index in [0.717, 1.165) is 0 Å². The number of hydrogen-bond donors (Lipinski definition) is 1. The molecule has 0 spiro atoms. The molecule has 0 saturated carbocycles. The van der Waals surface area contributed by atoms with Gasteiger partial charge in [-0.1, -0.05) is 6.07 Å². The van der Waals surface area contributed by atoms with Gasteiger partial charge in [0.1, 0.15) is 22.9 Å². The zero-order chi connectivity index (χ0) is 15.6. The Balaban J connectivity index is 2.47. The van der Waals surface area contributed by atoms with E-state index in [1.54, 1.807) is 26.8 Å². The van der Waals surface area contributed by atoms with Gasteiger partial charge in [-0.15, -0.1) is 0 Å². The van der Waals surface area contributed by atoms with Gasteiger partial charge in [-0.2, -0.15) is 0 Å². The molecule has 0 radical (unpaired) electrons. The fourth-order valence-corrected chi connectivity index (χ4v) is 1.76. The zero-order valence-corrected chi connectivity index (χ0v) is 12.1. The highest BCUT2D eigenvalue weighted by Crippen LogP contribution is 2.27. The van der Waals surface area contributed by atoms with Crippen LogP contribution in [0.15, 0.2) is 30.6 Å². The van der Waals surface area contributed by atoms with E-state index in [4.69, 9.17) is 10.5 Å². The first-order chi connectivity index (χ1) is 9.79. The Morgan fingerprint density at radius 3 is 2.52 bits per heavy atom. The highest BCUT2D eigenvalue weighted by Gasteiger charge is 2.23. The van der Waals surface area contributed by atoms with E-state index < -0.39 is 17.4 Å². The number of anilines is 1. The zero-order valence-electron chi connectivity index (χ0n) is 12.1. The van der Waals surface area contributed by atoms with Gasteiger partial charge >= 0.3 is 5.97 Å². The molecule has 0 unspecified atom stereocenters. The van der Waals surface area contributed by atoms with Crippen LogP contribution < -0.4 is 5.73 Å². The lowest BCUT2D eigenvalue weighted by Crippen LogP contribution is -2.24. The van der Waals surface area contributed by atoms with Crippen LogP contribution in [-0.2, 0) is 4.74 Å². The number of rotatable bonds is 2. The van der Waals surface area contributed by atoms with E-state index in [2.05, 4.69) is 9.97 Å². The van der Waals surface area contributed by atoms with Gasteiger partial charge in [-0.3, -0.25) is 4.98 Å². The van der Waals surface area contributed by atoms with Crippen LogP contribution in [0.5, 0.6) is 0 Å². The molecule has 0 amide bonds. The third-order valence-electron chi connectivity index (χ3n) is 2.60. The molecule has 2 N–H and O–H groups in total. The molecule has 21 heavy (non-hydrogen) atoms. The summed E-state index contributed by atoms with van der Waals surface area (Å²) in [5, 5.41) is 0. The molecular weight excluding hydrogens is 273 g/mol. The fourth-order valence-electron chi connectivity index (χ4n) is 1.76. The van der Waals surface area contributed by atoms with Crippen LogP contribution in [0.25, 0.3) is 11.3 Å². The standard InChI is InChI=1S/C15H16FN3O2/c1-15(2,3)21-14(20)10-6-4-5-9(11(10)16)12-13(17)19-8-7-18-12/h4-8H,1-3H3,(H2,17,19). The minimum atomic E-state index is -0.732. The van der Waals surface area contributed by atoms with Crippen LogP contribution in [0, 0.1) is 5.82 Å². The van der Waals surface area contributed by atoms with Gasteiger partial charge in [0.15, 0.2) is 0 Å². The fraction of sp³-hybridized carbons (Fsp3) is 0.267. The Hall–Kier alpha value is -2.50. The Labute approximate surface area is 122 Å². The van der Waals surface area contributed by atoms with Crippen LogP contribution in [0.2, 0.25) is 0 Å². The summed E-state index contributed by atoms with van der Waals surface area (Å²) < 4.78 is 19.7. The molecule has 110 valence electrons. The molecule has 2 aromatic rings. The average molecular weight is 289 g/mol. The molecule has 1 aromatic heterocycles. The predicted molar refractivity (Wildman–Crippen MR) is 77.0 cm³/mol. The van der Waals surface area contributed by atoms with Gasteiger partial charge in [-0.05, 0) is 32.9 Å². The van der Waals surface area contributed by atoms with Crippen molar-refractivity contribution in [1.82, 2.24) is 9.97 Å². The van der Waals surface area contributed by atoms with Crippen molar-refractivity contribution in [3.63, 3.8) is 0 Å². The van der Waals surface area contributed by atoms with Crippen LogP contribution >= 0.6 is 0 Å². The molecule has 5 nitrogen and oxygen atoms in total. The van der Waals surface area contributed by atoms with Gasteiger partial charge in [-0.25, -0.2) is 14.2 Å². The molecule has 1 aromatic carbocycles. The topological polar surface area (TPSA) is 78.1 Å². The number of nitrogens with two attached hydrogens (primary N) is 1. The van der Waals surface area contributed by atoms with E-state index in [1.165, 1.54) is 24.5 Å². The summed E-state index contributed by atoms with van der Waals surface area (Å²) in [6.45, 7) is 5.15. The van der Waals surface area contributed by atoms with E-state index in [-0.39, 0.29) is 22.6 Å². The summed E-state index contributed by atoms with van der Waals surface area (Å²) in [5.74, 6) is -1.36. The number of esters is 1. The number of carbonyl (C=O) groups excluding carboxylic acids is 1. The van der Waals surface area contributed by atoms with Crippen molar-refractivity contribution < 1.29 is 13.9 Å². The van der Waals surface area contributed by atoms with Crippen molar-refractivity contribution in [3.8, 4) is 11.3 Å². The first kappa shape index (κ1) is 14.9. The van der Waals surface area contributed by atoms with Crippen molar-refractivity contribution in [2.75, 3.05) is 5.73 Å². The Bertz CT molecular complexity index is 681. The quantitative estimate of drug-likeness (QED) is 0.860. The second-order valence-electron chi connectivity index (χ2n) is 5.46. The molecular formula is C15H16FN3O2. The van der Waals surface area contributed by atoms with E-state index >= 15 is 0 Å². The second kappa shape index (κ2) is 5.47. The summed E-state index contributed by atoms with van der Waals surface area (Å²) >= 11 is 0. The van der Waals surface area contributed by atoms with Crippen LogP contribution in [-0.4, -0.2) is 21.5 Å². The van der Waals surface area contributed by atoms with Gasteiger partial charge in [0, 0.05) is 18.0 Å². The third-order valence-corrected chi connectivity index (χ3v) is 2.60. The first-order valence-corrected chi connectivity index (χ1v) is 6.38. The molecule has 6 heteroatoms. The van der Waals surface area contributed by atoms with E-state index in [9.17, 15) is 9.18 Å². The summed E-state index contributed by atoms with van der Waals surface area (Å²) in [6.07, 6.45) is 2.82. The summed E-state index contributed by atoms with van der Waals surface area (Å²) in [4.78, 5) is 19.9. The maximum atomic E-state index is 14.5. The summed E-state index contributed by atoms with van der Waals surface area (Å²) in [7, 11) is 0. The molecule has 0 aliphatic heterocycles. The second-order valence-corrected chi connectivity index (χ2v) is 5.46. The van der Waals surface area contributed by atoms with Crippen LogP contribution in [0.1, 0.15) is 31.1 Å². The normalized spacial score (nSPS) is 11.2. The van der Waals surface area contributed by atoms with E-state index in [1.807, 2.05) is 0 Å². The number of carbonyl (C=O) groups is 1. The number of halogens is 1. The number of hydrogen-bond acceptors (Lipinski definition) is 5. The number of nitrogens with zero attached hydrogens (tertiary/aromatic N) is 2. The third kappa shape index (κ3) is 3.34. The smallest absolute Gasteiger partial charge is 0.341 e. The van der Waals surface area contributed by atoms with Crippen molar-refractivity contribution in [1.29, 1.82) is 0 Å².